The highest BCUT2D eigenvalue weighted by Crippen LogP contribution is 2.26. The van der Waals surface area contributed by atoms with Crippen molar-refractivity contribution in [2.45, 2.75) is 12.1 Å². The molecule has 1 amide bonds. The quantitative estimate of drug-likeness (QED) is 0.335. The minimum Gasteiger partial charge on any atom is -0.325 e. The number of halogens is 1. The van der Waals surface area contributed by atoms with Crippen molar-refractivity contribution in [3.05, 3.63) is 62.6 Å². The van der Waals surface area contributed by atoms with Gasteiger partial charge in [0, 0.05) is 34.9 Å². The number of aryl methyl sites for hydroxylation is 1. The van der Waals surface area contributed by atoms with Crippen LogP contribution in [0.1, 0.15) is 5.56 Å². The van der Waals surface area contributed by atoms with E-state index in [4.69, 9.17) is 0 Å². The molecule has 0 bridgehead atoms. The summed E-state index contributed by atoms with van der Waals surface area (Å²) in [5.41, 5.74) is 2.33. The van der Waals surface area contributed by atoms with E-state index >= 15 is 0 Å². The van der Waals surface area contributed by atoms with Gasteiger partial charge in [0.2, 0.25) is 5.91 Å². The van der Waals surface area contributed by atoms with Crippen molar-refractivity contribution in [2.75, 3.05) is 11.1 Å². The number of thioether (sulfide) groups is 1. The summed E-state index contributed by atoms with van der Waals surface area (Å²) >= 11 is 4.67. The number of carbonyl (C=O) groups excluding carboxylic acids is 1. The zero-order valence-corrected chi connectivity index (χ0v) is 17.5. The summed E-state index contributed by atoms with van der Waals surface area (Å²) < 4.78 is 2.69. The first-order valence-corrected chi connectivity index (χ1v) is 9.96. The first kappa shape index (κ1) is 20.0. The van der Waals surface area contributed by atoms with Gasteiger partial charge in [-0.15, -0.1) is 10.2 Å². The molecule has 0 aliphatic carbocycles. The number of hydrogen-bond acceptors (Lipinski definition) is 6. The molecule has 0 aliphatic heterocycles. The molecule has 0 atom stereocenters. The molecule has 3 rings (SSSR count). The summed E-state index contributed by atoms with van der Waals surface area (Å²) in [6.07, 6.45) is 0. The Kier molecular flexibility index (Phi) is 6.10. The number of anilines is 1. The van der Waals surface area contributed by atoms with E-state index < -0.39 is 4.92 Å². The molecule has 0 fully saturated rings. The normalized spacial score (nSPS) is 10.7. The van der Waals surface area contributed by atoms with E-state index in [0.29, 0.717) is 16.5 Å². The Morgan fingerprint density at radius 1 is 1.29 bits per heavy atom. The second-order valence-electron chi connectivity index (χ2n) is 5.97. The van der Waals surface area contributed by atoms with Gasteiger partial charge in [0.25, 0.3) is 5.69 Å². The van der Waals surface area contributed by atoms with Crippen LogP contribution in [-0.4, -0.2) is 31.3 Å². The van der Waals surface area contributed by atoms with E-state index in [0.717, 1.165) is 15.7 Å². The SMILES string of the molecule is Cc1cc(NC(=O)CSc2nnc(-c3cccc([N+](=O)[O-])c3)n2C)ccc1Br. The molecule has 28 heavy (non-hydrogen) atoms. The molecule has 0 aliphatic rings. The van der Waals surface area contributed by atoms with Gasteiger partial charge in [-0.2, -0.15) is 0 Å². The number of nitro groups is 1. The van der Waals surface area contributed by atoms with E-state index in [9.17, 15) is 14.9 Å². The Hall–Kier alpha value is -2.72. The van der Waals surface area contributed by atoms with Crippen LogP contribution in [0.15, 0.2) is 52.1 Å². The third-order valence-corrected chi connectivity index (χ3v) is 5.83. The Morgan fingerprint density at radius 2 is 2.07 bits per heavy atom. The molecular weight excluding hydrogens is 446 g/mol. The first-order chi connectivity index (χ1) is 13.3. The van der Waals surface area contributed by atoms with Crippen molar-refractivity contribution < 1.29 is 9.72 Å². The summed E-state index contributed by atoms with van der Waals surface area (Å²) in [6.45, 7) is 1.95. The van der Waals surface area contributed by atoms with Gasteiger partial charge >= 0.3 is 0 Å². The van der Waals surface area contributed by atoms with Gasteiger partial charge < -0.3 is 9.88 Å². The fourth-order valence-electron chi connectivity index (χ4n) is 2.50. The van der Waals surface area contributed by atoms with Crippen LogP contribution in [0.4, 0.5) is 11.4 Å². The highest BCUT2D eigenvalue weighted by molar-refractivity contribution is 9.10. The summed E-state index contributed by atoms with van der Waals surface area (Å²) in [7, 11) is 1.76. The van der Waals surface area contributed by atoms with Crippen LogP contribution in [0.25, 0.3) is 11.4 Å². The predicted molar refractivity (Wildman–Crippen MR) is 111 cm³/mol. The van der Waals surface area contributed by atoms with Crippen LogP contribution >= 0.6 is 27.7 Å². The van der Waals surface area contributed by atoms with E-state index in [2.05, 4.69) is 31.4 Å². The molecule has 1 N–H and O–H groups in total. The molecule has 10 heteroatoms. The third-order valence-electron chi connectivity index (χ3n) is 3.92. The molecule has 1 aromatic heterocycles. The zero-order valence-electron chi connectivity index (χ0n) is 15.0. The number of nitro benzene ring substituents is 1. The maximum absolute atomic E-state index is 12.2. The number of carbonyl (C=O) groups is 1. The minimum absolute atomic E-state index is 0.0149. The van der Waals surface area contributed by atoms with Crippen LogP contribution in [0.5, 0.6) is 0 Å². The van der Waals surface area contributed by atoms with Crippen LogP contribution in [-0.2, 0) is 11.8 Å². The Bertz CT molecular complexity index is 1050. The smallest absolute Gasteiger partial charge is 0.270 e. The zero-order chi connectivity index (χ0) is 20.3. The first-order valence-electron chi connectivity index (χ1n) is 8.18. The number of rotatable bonds is 6. The van der Waals surface area contributed by atoms with Crippen molar-refractivity contribution >= 4 is 45.0 Å². The summed E-state index contributed by atoms with van der Waals surface area (Å²) in [6, 6.07) is 11.8. The van der Waals surface area contributed by atoms with Crippen molar-refractivity contribution in [2.24, 2.45) is 7.05 Å². The number of hydrogen-bond donors (Lipinski definition) is 1. The highest BCUT2D eigenvalue weighted by Gasteiger charge is 2.15. The number of non-ortho nitro benzene ring substituents is 1. The van der Waals surface area contributed by atoms with Gasteiger partial charge in [-0.25, -0.2) is 0 Å². The van der Waals surface area contributed by atoms with Crippen LogP contribution < -0.4 is 5.32 Å². The number of nitrogens with one attached hydrogen (secondary N) is 1. The molecule has 0 saturated carbocycles. The summed E-state index contributed by atoms with van der Waals surface area (Å²) in [5.74, 6) is 0.498. The van der Waals surface area contributed by atoms with Gasteiger partial charge in [-0.05, 0) is 30.7 Å². The topological polar surface area (TPSA) is 103 Å². The molecule has 2 aromatic carbocycles. The molecule has 0 unspecified atom stereocenters. The lowest BCUT2D eigenvalue weighted by molar-refractivity contribution is -0.384. The lowest BCUT2D eigenvalue weighted by Gasteiger charge is -2.07. The maximum Gasteiger partial charge on any atom is 0.270 e. The second-order valence-corrected chi connectivity index (χ2v) is 7.77. The minimum atomic E-state index is -0.455. The monoisotopic (exact) mass is 461 g/mol. The molecule has 3 aromatic rings. The van der Waals surface area contributed by atoms with E-state index in [1.807, 2.05) is 25.1 Å². The van der Waals surface area contributed by atoms with E-state index in [-0.39, 0.29) is 17.3 Å². The number of aromatic nitrogens is 3. The average molecular weight is 462 g/mol. The molecule has 0 radical (unpaired) electrons. The fraction of sp³-hybridized carbons (Fsp3) is 0.167. The largest absolute Gasteiger partial charge is 0.325 e. The van der Waals surface area contributed by atoms with E-state index in [1.165, 1.54) is 23.9 Å². The van der Waals surface area contributed by atoms with Crippen LogP contribution in [0.3, 0.4) is 0 Å². The number of benzene rings is 2. The van der Waals surface area contributed by atoms with Crippen molar-refractivity contribution in [1.29, 1.82) is 0 Å². The van der Waals surface area contributed by atoms with E-state index in [1.54, 1.807) is 23.7 Å². The van der Waals surface area contributed by atoms with Crippen molar-refractivity contribution in [3.63, 3.8) is 0 Å². The standard InChI is InChI=1S/C18H16BrN5O3S/c1-11-8-13(6-7-15(11)19)20-16(25)10-28-18-22-21-17(23(18)2)12-4-3-5-14(9-12)24(26)27/h3-9H,10H2,1-2H3,(H,20,25). The maximum atomic E-state index is 12.2. The Morgan fingerprint density at radius 3 is 2.79 bits per heavy atom. The molecular formula is C18H16BrN5O3S. The Labute approximate surface area is 173 Å². The van der Waals surface area contributed by atoms with Crippen LogP contribution in [0.2, 0.25) is 0 Å². The second kappa shape index (κ2) is 8.53. The lowest BCUT2D eigenvalue weighted by atomic mass is 10.2. The van der Waals surface area contributed by atoms with Gasteiger partial charge in [0.05, 0.1) is 10.7 Å². The fourth-order valence-corrected chi connectivity index (χ4v) is 3.46. The number of amides is 1. The molecule has 0 saturated heterocycles. The van der Waals surface area contributed by atoms with Gasteiger partial charge in [-0.1, -0.05) is 39.8 Å². The molecule has 1 heterocycles. The number of nitrogens with zero attached hydrogens (tertiary/aromatic N) is 4. The van der Waals surface area contributed by atoms with Crippen LogP contribution in [0, 0.1) is 17.0 Å². The lowest BCUT2D eigenvalue weighted by Crippen LogP contribution is -2.14. The average Bonchev–Trinajstić information content (AvgIpc) is 3.03. The summed E-state index contributed by atoms with van der Waals surface area (Å²) in [4.78, 5) is 22.7. The van der Waals surface area contributed by atoms with Gasteiger partial charge in [-0.3, -0.25) is 14.9 Å². The Balaban J connectivity index is 1.67. The van der Waals surface area contributed by atoms with Gasteiger partial charge in [0.1, 0.15) is 0 Å². The molecule has 8 nitrogen and oxygen atoms in total. The highest BCUT2D eigenvalue weighted by atomic mass is 79.9. The predicted octanol–water partition coefficient (Wildman–Crippen LogP) is 4.19. The van der Waals surface area contributed by atoms with Crippen molar-refractivity contribution in [1.82, 2.24) is 14.8 Å². The van der Waals surface area contributed by atoms with Gasteiger partial charge in [0.15, 0.2) is 11.0 Å². The summed E-state index contributed by atoms with van der Waals surface area (Å²) in [5, 5.41) is 22.5. The van der Waals surface area contributed by atoms with Crippen molar-refractivity contribution in [3.8, 4) is 11.4 Å². The molecule has 144 valence electrons. The third kappa shape index (κ3) is 4.57. The molecule has 0 spiro atoms.